The predicted octanol–water partition coefficient (Wildman–Crippen LogP) is 5.12. The Kier molecular flexibility index (Phi) is 6.40. The minimum atomic E-state index is -4.71. The van der Waals surface area contributed by atoms with Crippen molar-refractivity contribution in [3.8, 4) is 0 Å². The Bertz CT molecular complexity index is 909. The van der Waals surface area contributed by atoms with Crippen molar-refractivity contribution in [2.45, 2.75) is 19.3 Å². The maximum Gasteiger partial charge on any atom is 0.416 e. The van der Waals surface area contributed by atoms with E-state index in [9.17, 15) is 35.9 Å². The number of hydrogen-bond donors (Lipinski definition) is 3. The molecule has 29 heavy (non-hydrogen) atoms. The Morgan fingerprint density at radius 3 is 2.07 bits per heavy atom. The van der Waals surface area contributed by atoms with E-state index in [4.69, 9.17) is 0 Å². The van der Waals surface area contributed by atoms with Gasteiger partial charge in [-0.3, -0.25) is 4.79 Å². The Balaban J connectivity index is 2.26. The molecule has 0 heterocycles. The van der Waals surface area contributed by atoms with Crippen molar-refractivity contribution in [1.82, 2.24) is 5.32 Å². The molecule has 0 aromatic heterocycles. The number of carbonyl (C=O) groups excluding carboxylic acids is 2. The Morgan fingerprint density at radius 1 is 0.862 bits per heavy atom. The normalized spacial score (nSPS) is 11.7. The van der Waals surface area contributed by atoms with E-state index in [1.54, 1.807) is 6.92 Å². The first kappa shape index (κ1) is 22.1. The lowest BCUT2D eigenvalue weighted by Crippen LogP contribution is -2.27. The fourth-order valence-electron chi connectivity index (χ4n) is 2.33. The van der Waals surface area contributed by atoms with Crippen LogP contribution in [0.4, 0.5) is 42.5 Å². The van der Waals surface area contributed by atoms with Crippen LogP contribution in [0.2, 0.25) is 0 Å². The molecule has 0 aliphatic carbocycles. The molecule has 0 fully saturated rings. The third-order valence-electron chi connectivity index (χ3n) is 3.62. The Labute approximate surface area is 161 Å². The molecule has 0 aliphatic rings. The van der Waals surface area contributed by atoms with Crippen molar-refractivity contribution < 1.29 is 35.9 Å². The maximum absolute atomic E-state index is 12.9. The molecule has 3 amide bonds. The van der Waals surface area contributed by atoms with Gasteiger partial charge in [0.1, 0.15) is 0 Å². The largest absolute Gasteiger partial charge is 0.416 e. The fraction of sp³-hybridized carbons (Fsp3) is 0.222. The van der Waals surface area contributed by atoms with Crippen LogP contribution in [0, 0.1) is 0 Å². The van der Waals surface area contributed by atoms with Gasteiger partial charge in [-0.2, -0.15) is 26.3 Å². The molecule has 11 heteroatoms. The minimum Gasteiger partial charge on any atom is -0.352 e. The summed E-state index contributed by atoms with van der Waals surface area (Å²) < 4.78 is 76.9. The lowest BCUT2D eigenvalue weighted by Gasteiger charge is -2.15. The van der Waals surface area contributed by atoms with E-state index in [1.807, 2.05) is 0 Å². The molecule has 156 valence electrons. The van der Waals surface area contributed by atoms with Crippen LogP contribution < -0.4 is 16.0 Å². The third-order valence-corrected chi connectivity index (χ3v) is 3.62. The molecule has 0 aliphatic heterocycles. The van der Waals surface area contributed by atoms with Crippen LogP contribution in [0.1, 0.15) is 28.4 Å². The molecule has 0 radical (unpaired) electrons. The number of amides is 3. The quantitative estimate of drug-likeness (QED) is 0.603. The van der Waals surface area contributed by atoms with Crippen molar-refractivity contribution in [3.05, 3.63) is 59.2 Å². The van der Waals surface area contributed by atoms with Crippen molar-refractivity contribution >= 4 is 23.3 Å². The first-order valence-electron chi connectivity index (χ1n) is 8.16. The molecule has 3 N–H and O–H groups in total. The van der Waals surface area contributed by atoms with Crippen LogP contribution in [0.15, 0.2) is 42.5 Å². The predicted molar refractivity (Wildman–Crippen MR) is 93.5 cm³/mol. The smallest absolute Gasteiger partial charge is 0.352 e. The second-order valence-corrected chi connectivity index (χ2v) is 5.78. The first-order chi connectivity index (χ1) is 13.4. The number of urea groups is 1. The minimum absolute atomic E-state index is 0.130. The molecule has 0 atom stereocenters. The molecule has 2 aromatic carbocycles. The highest BCUT2D eigenvalue weighted by molar-refractivity contribution is 6.06. The summed E-state index contributed by atoms with van der Waals surface area (Å²) in [5.74, 6) is -0.854. The van der Waals surface area contributed by atoms with E-state index >= 15 is 0 Å². The molecular weight excluding hydrogens is 404 g/mol. The van der Waals surface area contributed by atoms with Gasteiger partial charge in [-0.05, 0) is 43.3 Å². The van der Waals surface area contributed by atoms with Gasteiger partial charge in [-0.15, -0.1) is 0 Å². The van der Waals surface area contributed by atoms with Gasteiger partial charge in [0.25, 0.3) is 5.91 Å². The number of alkyl halides is 6. The van der Waals surface area contributed by atoms with Crippen molar-refractivity contribution in [2.75, 3.05) is 17.2 Å². The molecule has 2 rings (SSSR count). The number of rotatable bonds is 4. The summed E-state index contributed by atoms with van der Waals surface area (Å²) in [7, 11) is 0. The first-order valence-corrected chi connectivity index (χ1v) is 8.16. The van der Waals surface area contributed by atoms with Crippen molar-refractivity contribution in [1.29, 1.82) is 0 Å². The molecule has 0 unspecified atom stereocenters. The second-order valence-electron chi connectivity index (χ2n) is 5.78. The van der Waals surface area contributed by atoms with E-state index in [0.717, 1.165) is 18.2 Å². The Hall–Kier alpha value is -3.24. The van der Waals surface area contributed by atoms with E-state index in [0.29, 0.717) is 18.2 Å². The van der Waals surface area contributed by atoms with Gasteiger partial charge < -0.3 is 16.0 Å². The average Bonchev–Trinajstić information content (AvgIpc) is 2.60. The van der Waals surface area contributed by atoms with Crippen LogP contribution >= 0.6 is 0 Å². The SMILES string of the molecule is CCNC(=O)c1cc(C(F)(F)F)ccc1NC(=O)Nc1cccc(C(F)(F)F)c1. The number of nitrogens with one attached hydrogen (secondary N) is 3. The zero-order chi connectivity index (χ0) is 21.8. The van der Waals surface area contributed by atoms with E-state index in [1.165, 1.54) is 6.07 Å². The summed E-state index contributed by atoms with van der Waals surface area (Å²) in [6.07, 6.45) is -9.33. The van der Waals surface area contributed by atoms with Crippen LogP contribution in [-0.4, -0.2) is 18.5 Å². The van der Waals surface area contributed by atoms with E-state index in [-0.39, 0.29) is 17.9 Å². The van der Waals surface area contributed by atoms with E-state index < -0.39 is 41.0 Å². The highest BCUT2D eigenvalue weighted by Gasteiger charge is 2.32. The van der Waals surface area contributed by atoms with Crippen LogP contribution in [-0.2, 0) is 12.4 Å². The molecule has 0 bridgehead atoms. The van der Waals surface area contributed by atoms with Gasteiger partial charge in [-0.1, -0.05) is 6.07 Å². The highest BCUT2D eigenvalue weighted by Crippen LogP contribution is 2.32. The van der Waals surface area contributed by atoms with Crippen LogP contribution in [0.5, 0.6) is 0 Å². The molecule has 0 saturated carbocycles. The standard InChI is InChI=1S/C18H15F6N3O2/c1-2-25-15(28)13-9-11(18(22,23)24)6-7-14(13)27-16(29)26-12-5-3-4-10(8-12)17(19,20)21/h3-9H,2H2,1H3,(H,25,28)(H2,26,27,29). The topological polar surface area (TPSA) is 70.2 Å². The monoisotopic (exact) mass is 419 g/mol. The summed E-state index contributed by atoms with van der Waals surface area (Å²) in [5, 5.41) is 6.64. The molecular formula is C18H15F6N3O2. The van der Waals surface area contributed by atoms with Gasteiger partial charge in [0, 0.05) is 12.2 Å². The number of halogens is 6. The maximum atomic E-state index is 12.9. The zero-order valence-corrected chi connectivity index (χ0v) is 14.8. The van der Waals surface area contributed by atoms with Gasteiger partial charge in [0.05, 0.1) is 22.4 Å². The number of hydrogen-bond acceptors (Lipinski definition) is 2. The second kappa shape index (κ2) is 8.41. The average molecular weight is 419 g/mol. The number of anilines is 2. The summed E-state index contributed by atoms with van der Waals surface area (Å²) in [6.45, 7) is 1.68. The summed E-state index contributed by atoms with van der Waals surface area (Å²) in [5.41, 5.74) is -2.96. The summed E-state index contributed by atoms with van der Waals surface area (Å²) in [6, 6.07) is 4.88. The van der Waals surface area contributed by atoms with E-state index in [2.05, 4.69) is 16.0 Å². The molecule has 0 saturated heterocycles. The number of benzene rings is 2. The summed E-state index contributed by atoms with van der Waals surface area (Å²) in [4.78, 5) is 24.2. The van der Waals surface area contributed by atoms with Gasteiger partial charge in [-0.25, -0.2) is 4.79 Å². The highest BCUT2D eigenvalue weighted by atomic mass is 19.4. The lowest BCUT2D eigenvalue weighted by atomic mass is 10.1. The Morgan fingerprint density at radius 2 is 1.48 bits per heavy atom. The van der Waals surface area contributed by atoms with Crippen LogP contribution in [0.25, 0.3) is 0 Å². The molecule has 5 nitrogen and oxygen atoms in total. The van der Waals surface area contributed by atoms with Crippen molar-refractivity contribution in [3.63, 3.8) is 0 Å². The zero-order valence-electron chi connectivity index (χ0n) is 14.8. The fourth-order valence-corrected chi connectivity index (χ4v) is 2.33. The van der Waals surface area contributed by atoms with Crippen LogP contribution in [0.3, 0.4) is 0 Å². The van der Waals surface area contributed by atoms with Gasteiger partial charge in [0.2, 0.25) is 0 Å². The lowest BCUT2D eigenvalue weighted by molar-refractivity contribution is -0.138. The van der Waals surface area contributed by atoms with Crippen molar-refractivity contribution in [2.24, 2.45) is 0 Å². The van der Waals surface area contributed by atoms with Gasteiger partial charge in [0.15, 0.2) is 0 Å². The van der Waals surface area contributed by atoms with Gasteiger partial charge >= 0.3 is 18.4 Å². The third kappa shape index (κ3) is 5.87. The molecule has 2 aromatic rings. The molecule has 0 spiro atoms. The summed E-state index contributed by atoms with van der Waals surface area (Å²) >= 11 is 0. The number of carbonyl (C=O) groups is 2.